The van der Waals surface area contributed by atoms with Gasteiger partial charge in [-0.2, -0.15) is 0 Å². The van der Waals surface area contributed by atoms with Crippen LogP contribution in [0.1, 0.15) is 0 Å². The van der Waals surface area contributed by atoms with Crippen molar-refractivity contribution in [1.82, 2.24) is 0 Å². The van der Waals surface area contributed by atoms with Crippen LogP contribution in [0.4, 0.5) is 18.9 Å². The largest absolute Gasteiger partial charge is 0.277 e. The molecule has 0 atom stereocenters. The Morgan fingerprint density at radius 3 is 2.23 bits per heavy atom. The van der Waals surface area contributed by atoms with Crippen LogP contribution in [0.2, 0.25) is 5.02 Å². The lowest BCUT2D eigenvalue weighted by atomic mass is 10.0. The van der Waals surface area contributed by atoms with E-state index >= 15 is 0 Å². The van der Waals surface area contributed by atoms with Gasteiger partial charge in [-0.25, -0.2) is 21.6 Å². The number of benzene rings is 3. The normalized spacial score (nSPS) is 11.4. The Kier molecular flexibility index (Phi) is 4.93. The van der Waals surface area contributed by atoms with Crippen LogP contribution in [0.25, 0.3) is 11.1 Å². The van der Waals surface area contributed by atoms with Gasteiger partial charge in [0.1, 0.15) is 16.5 Å². The van der Waals surface area contributed by atoms with Gasteiger partial charge < -0.3 is 0 Å². The van der Waals surface area contributed by atoms with E-state index in [0.29, 0.717) is 11.6 Å². The second-order valence-corrected chi connectivity index (χ2v) is 7.39. The molecular weight excluding hydrogens is 387 g/mol. The van der Waals surface area contributed by atoms with Crippen LogP contribution in [0.3, 0.4) is 0 Å². The van der Waals surface area contributed by atoms with E-state index in [1.54, 1.807) is 30.3 Å². The van der Waals surface area contributed by atoms with Crippen molar-refractivity contribution in [3.05, 3.63) is 83.1 Å². The van der Waals surface area contributed by atoms with Crippen molar-refractivity contribution in [1.29, 1.82) is 0 Å². The second-order valence-electron chi connectivity index (χ2n) is 5.34. The van der Waals surface area contributed by atoms with Crippen LogP contribution in [-0.4, -0.2) is 8.42 Å². The molecule has 3 aromatic rings. The lowest BCUT2D eigenvalue weighted by Gasteiger charge is -2.12. The highest BCUT2D eigenvalue weighted by molar-refractivity contribution is 7.92. The molecule has 0 heterocycles. The first-order valence-electron chi connectivity index (χ1n) is 7.31. The molecule has 0 saturated heterocycles. The molecule has 26 heavy (non-hydrogen) atoms. The van der Waals surface area contributed by atoms with Crippen LogP contribution in [0, 0.1) is 17.5 Å². The molecule has 134 valence electrons. The summed E-state index contributed by atoms with van der Waals surface area (Å²) < 4.78 is 68.9. The number of hydrogen-bond acceptors (Lipinski definition) is 2. The SMILES string of the molecule is O=S(=O)(Nc1cc(-c2ccccc2)c(F)cc1F)c1cccc(Cl)c1F. The minimum Gasteiger partial charge on any atom is -0.277 e. The summed E-state index contributed by atoms with van der Waals surface area (Å²) in [6, 6.07) is 13.2. The van der Waals surface area contributed by atoms with Crippen molar-refractivity contribution in [3.8, 4) is 11.1 Å². The third-order valence-corrected chi connectivity index (χ3v) is 5.27. The van der Waals surface area contributed by atoms with Gasteiger partial charge in [0, 0.05) is 11.6 Å². The Hall–Kier alpha value is -2.51. The molecular formula is C18H11ClF3NO2S. The fourth-order valence-electron chi connectivity index (χ4n) is 2.36. The van der Waals surface area contributed by atoms with Crippen LogP contribution in [0.5, 0.6) is 0 Å². The van der Waals surface area contributed by atoms with Crippen molar-refractivity contribution in [2.75, 3.05) is 4.72 Å². The number of rotatable bonds is 4. The van der Waals surface area contributed by atoms with Crippen molar-refractivity contribution < 1.29 is 21.6 Å². The van der Waals surface area contributed by atoms with Crippen LogP contribution >= 0.6 is 11.6 Å². The van der Waals surface area contributed by atoms with E-state index in [9.17, 15) is 21.6 Å². The van der Waals surface area contributed by atoms with E-state index in [-0.39, 0.29) is 5.56 Å². The van der Waals surface area contributed by atoms with Crippen molar-refractivity contribution in [2.24, 2.45) is 0 Å². The van der Waals surface area contributed by atoms with Gasteiger partial charge in [-0.3, -0.25) is 4.72 Å². The summed E-state index contributed by atoms with van der Waals surface area (Å²) in [5.74, 6) is -3.15. The summed E-state index contributed by atoms with van der Waals surface area (Å²) in [5.41, 5.74) is -0.0831. The van der Waals surface area contributed by atoms with Gasteiger partial charge in [-0.05, 0) is 23.8 Å². The van der Waals surface area contributed by atoms with E-state index < -0.39 is 43.1 Å². The van der Waals surface area contributed by atoms with Crippen LogP contribution in [0.15, 0.2) is 65.6 Å². The van der Waals surface area contributed by atoms with E-state index in [4.69, 9.17) is 11.6 Å². The average Bonchev–Trinajstić information content (AvgIpc) is 2.60. The Morgan fingerprint density at radius 2 is 1.54 bits per heavy atom. The van der Waals surface area contributed by atoms with Crippen molar-refractivity contribution in [2.45, 2.75) is 4.90 Å². The van der Waals surface area contributed by atoms with Gasteiger partial charge in [-0.1, -0.05) is 48.0 Å². The van der Waals surface area contributed by atoms with Gasteiger partial charge in [0.15, 0.2) is 5.82 Å². The molecule has 3 nitrogen and oxygen atoms in total. The number of anilines is 1. The molecule has 0 unspecified atom stereocenters. The summed E-state index contributed by atoms with van der Waals surface area (Å²) in [5, 5.41) is -0.391. The van der Waals surface area contributed by atoms with E-state index in [0.717, 1.165) is 12.1 Å². The molecule has 0 aromatic heterocycles. The first-order valence-corrected chi connectivity index (χ1v) is 9.17. The molecule has 0 saturated carbocycles. The highest BCUT2D eigenvalue weighted by atomic mass is 35.5. The molecule has 8 heteroatoms. The Bertz CT molecular complexity index is 1070. The molecule has 0 fully saturated rings. The zero-order valence-electron chi connectivity index (χ0n) is 13.0. The Labute approximate surface area is 153 Å². The van der Waals surface area contributed by atoms with Crippen LogP contribution in [-0.2, 0) is 10.0 Å². The molecule has 3 aromatic carbocycles. The second kappa shape index (κ2) is 7.01. The molecule has 0 aliphatic heterocycles. The molecule has 0 radical (unpaired) electrons. The highest BCUT2D eigenvalue weighted by Crippen LogP contribution is 2.30. The molecule has 0 bridgehead atoms. The molecule has 0 amide bonds. The maximum atomic E-state index is 14.1. The summed E-state index contributed by atoms with van der Waals surface area (Å²) >= 11 is 5.59. The smallest absolute Gasteiger partial charge is 0.264 e. The first kappa shape index (κ1) is 18.3. The predicted octanol–water partition coefficient (Wildman–Crippen LogP) is 5.23. The summed E-state index contributed by atoms with van der Waals surface area (Å²) in [6.45, 7) is 0. The first-order chi connectivity index (χ1) is 12.3. The van der Waals surface area contributed by atoms with Gasteiger partial charge in [0.05, 0.1) is 10.7 Å². The fourth-order valence-corrected chi connectivity index (χ4v) is 3.75. The van der Waals surface area contributed by atoms with E-state index in [1.807, 2.05) is 4.72 Å². The summed E-state index contributed by atoms with van der Waals surface area (Å²) in [6.07, 6.45) is 0. The maximum absolute atomic E-state index is 14.1. The van der Waals surface area contributed by atoms with Gasteiger partial charge >= 0.3 is 0 Å². The number of hydrogen-bond donors (Lipinski definition) is 1. The van der Waals surface area contributed by atoms with Crippen molar-refractivity contribution in [3.63, 3.8) is 0 Å². The third kappa shape index (κ3) is 3.54. The van der Waals surface area contributed by atoms with Crippen molar-refractivity contribution >= 4 is 27.3 Å². The molecule has 0 aliphatic rings. The lowest BCUT2D eigenvalue weighted by Crippen LogP contribution is -2.16. The number of halogens is 4. The number of sulfonamides is 1. The quantitative estimate of drug-likeness (QED) is 0.655. The molecule has 0 spiro atoms. The zero-order valence-corrected chi connectivity index (χ0v) is 14.6. The molecule has 3 rings (SSSR count). The van der Waals surface area contributed by atoms with E-state index in [1.165, 1.54) is 12.1 Å². The Morgan fingerprint density at radius 1 is 0.846 bits per heavy atom. The van der Waals surface area contributed by atoms with E-state index in [2.05, 4.69) is 0 Å². The van der Waals surface area contributed by atoms with Gasteiger partial charge in [0.25, 0.3) is 10.0 Å². The maximum Gasteiger partial charge on any atom is 0.264 e. The minimum absolute atomic E-state index is 0.00346. The third-order valence-electron chi connectivity index (χ3n) is 3.59. The molecule has 0 aliphatic carbocycles. The minimum atomic E-state index is -4.47. The molecule has 1 N–H and O–H groups in total. The number of nitrogens with one attached hydrogen (secondary N) is 1. The zero-order chi connectivity index (χ0) is 18.9. The Balaban J connectivity index is 2.06. The lowest BCUT2D eigenvalue weighted by molar-refractivity contribution is 0.568. The topological polar surface area (TPSA) is 46.2 Å². The highest BCUT2D eigenvalue weighted by Gasteiger charge is 2.23. The summed E-state index contributed by atoms with van der Waals surface area (Å²) in [4.78, 5) is -0.741. The van der Waals surface area contributed by atoms with Crippen LogP contribution < -0.4 is 4.72 Å². The van der Waals surface area contributed by atoms with Gasteiger partial charge in [-0.15, -0.1) is 0 Å². The predicted molar refractivity (Wildman–Crippen MR) is 94.0 cm³/mol. The fraction of sp³-hybridized carbons (Fsp3) is 0. The summed E-state index contributed by atoms with van der Waals surface area (Å²) in [7, 11) is -4.47. The standard InChI is InChI=1S/C18H11ClF3NO2S/c19-13-7-4-8-17(18(13)22)26(24,25)23-16-9-12(14(20)10-15(16)21)11-5-2-1-3-6-11/h1-10,23H. The van der Waals surface area contributed by atoms with Gasteiger partial charge in [0.2, 0.25) is 0 Å². The average molecular weight is 398 g/mol. The monoisotopic (exact) mass is 397 g/mol.